The van der Waals surface area contributed by atoms with Crippen LogP contribution in [0.1, 0.15) is 40.2 Å². The molecule has 0 bridgehead atoms. The lowest BCUT2D eigenvalue weighted by molar-refractivity contribution is 0.159. The Labute approximate surface area is 105 Å². The summed E-state index contributed by atoms with van der Waals surface area (Å²) in [5.41, 5.74) is 7.20. The minimum Gasteiger partial charge on any atom is -0.489 e. The van der Waals surface area contributed by atoms with Crippen molar-refractivity contribution in [1.29, 1.82) is 0 Å². The molecule has 0 radical (unpaired) electrons. The molecule has 96 valence electrons. The average Bonchev–Trinajstić information content (AvgIpc) is 2.25. The first kappa shape index (κ1) is 14.0. The molecule has 0 saturated heterocycles. The Morgan fingerprint density at radius 1 is 1.12 bits per heavy atom. The Bertz CT molecular complexity index is 335. The van der Waals surface area contributed by atoms with Crippen molar-refractivity contribution in [1.82, 2.24) is 0 Å². The van der Waals surface area contributed by atoms with Crippen molar-refractivity contribution < 1.29 is 4.74 Å². The van der Waals surface area contributed by atoms with Gasteiger partial charge in [-0.3, -0.25) is 0 Å². The third kappa shape index (κ3) is 4.04. The Kier molecular flexibility index (Phi) is 4.58. The van der Waals surface area contributed by atoms with E-state index < -0.39 is 0 Å². The first-order chi connectivity index (χ1) is 7.84. The summed E-state index contributed by atoms with van der Waals surface area (Å²) in [7, 11) is 0. The molecular weight excluding hydrogens is 210 g/mol. The second kappa shape index (κ2) is 5.54. The zero-order valence-electron chi connectivity index (χ0n) is 11.7. The Balaban J connectivity index is 2.75. The molecule has 0 amide bonds. The monoisotopic (exact) mass is 235 g/mol. The van der Waals surface area contributed by atoms with E-state index in [4.69, 9.17) is 10.5 Å². The highest BCUT2D eigenvalue weighted by atomic mass is 16.5. The maximum atomic E-state index is 5.87. The van der Waals surface area contributed by atoms with Gasteiger partial charge >= 0.3 is 0 Å². The van der Waals surface area contributed by atoms with Gasteiger partial charge in [0.1, 0.15) is 11.9 Å². The fourth-order valence-electron chi connectivity index (χ4n) is 1.66. The average molecular weight is 235 g/mol. The molecule has 2 nitrogen and oxygen atoms in total. The van der Waals surface area contributed by atoms with Crippen LogP contribution in [0.25, 0.3) is 0 Å². The van der Waals surface area contributed by atoms with Gasteiger partial charge in [0.15, 0.2) is 0 Å². The van der Waals surface area contributed by atoms with Gasteiger partial charge in [0.05, 0.1) is 0 Å². The minimum atomic E-state index is 0.0930. The molecule has 0 fully saturated rings. The summed E-state index contributed by atoms with van der Waals surface area (Å²) in [4.78, 5) is 0. The van der Waals surface area contributed by atoms with Crippen molar-refractivity contribution in [2.75, 3.05) is 6.54 Å². The van der Waals surface area contributed by atoms with E-state index in [0.717, 1.165) is 5.75 Å². The van der Waals surface area contributed by atoms with E-state index in [1.807, 2.05) is 12.1 Å². The molecule has 2 N–H and O–H groups in total. The lowest BCUT2D eigenvalue weighted by Gasteiger charge is -2.22. The van der Waals surface area contributed by atoms with Crippen LogP contribution in [-0.2, 0) is 5.41 Å². The summed E-state index contributed by atoms with van der Waals surface area (Å²) < 4.78 is 5.87. The summed E-state index contributed by atoms with van der Waals surface area (Å²) in [6.07, 6.45) is 0.0930. The second-order valence-corrected chi connectivity index (χ2v) is 5.91. The van der Waals surface area contributed by atoms with Crippen LogP contribution in [0.4, 0.5) is 0 Å². The van der Waals surface area contributed by atoms with Gasteiger partial charge < -0.3 is 10.5 Å². The molecule has 0 aromatic heterocycles. The van der Waals surface area contributed by atoms with Crippen LogP contribution in [0.15, 0.2) is 24.3 Å². The van der Waals surface area contributed by atoms with E-state index in [1.54, 1.807) is 0 Å². The zero-order chi connectivity index (χ0) is 13.1. The predicted molar refractivity (Wildman–Crippen MR) is 73.5 cm³/mol. The number of hydrogen-bond acceptors (Lipinski definition) is 2. The van der Waals surface area contributed by atoms with Gasteiger partial charge in [0, 0.05) is 6.54 Å². The van der Waals surface area contributed by atoms with E-state index in [2.05, 4.69) is 46.8 Å². The van der Waals surface area contributed by atoms with E-state index in [1.165, 1.54) is 5.56 Å². The SMILES string of the molecule is CC(C)C(CN)Oc1ccc(C(C)(C)C)cc1. The molecule has 0 aliphatic carbocycles. The predicted octanol–water partition coefficient (Wildman–Crippen LogP) is 3.35. The Hall–Kier alpha value is -1.02. The van der Waals surface area contributed by atoms with Crippen molar-refractivity contribution in [3.63, 3.8) is 0 Å². The fourth-order valence-corrected chi connectivity index (χ4v) is 1.66. The largest absolute Gasteiger partial charge is 0.489 e. The second-order valence-electron chi connectivity index (χ2n) is 5.91. The number of nitrogens with two attached hydrogens (primary N) is 1. The molecule has 1 rings (SSSR count). The normalized spacial score (nSPS) is 13.8. The van der Waals surface area contributed by atoms with E-state index in [0.29, 0.717) is 12.5 Å². The molecule has 1 unspecified atom stereocenters. The highest BCUT2D eigenvalue weighted by Gasteiger charge is 2.15. The van der Waals surface area contributed by atoms with Gasteiger partial charge in [-0.1, -0.05) is 46.8 Å². The van der Waals surface area contributed by atoms with Crippen LogP contribution in [0.3, 0.4) is 0 Å². The van der Waals surface area contributed by atoms with Crippen LogP contribution in [0.5, 0.6) is 5.75 Å². The van der Waals surface area contributed by atoms with E-state index in [-0.39, 0.29) is 11.5 Å². The fraction of sp³-hybridized carbons (Fsp3) is 0.600. The van der Waals surface area contributed by atoms with Gasteiger partial charge in [-0.25, -0.2) is 0 Å². The molecule has 1 aromatic carbocycles. The smallest absolute Gasteiger partial charge is 0.119 e. The molecule has 0 aliphatic heterocycles. The third-order valence-electron chi connectivity index (χ3n) is 2.98. The highest BCUT2D eigenvalue weighted by Crippen LogP contribution is 2.25. The van der Waals surface area contributed by atoms with Crippen LogP contribution in [0.2, 0.25) is 0 Å². The van der Waals surface area contributed by atoms with Crippen molar-refractivity contribution in [2.45, 2.75) is 46.1 Å². The van der Waals surface area contributed by atoms with Crippen molar-refractivity contribution in [3.05, 3.63) is 29.8 Å². The quantitative estimate of drug-likeness (QED) is 0.868. The first-order valence-electron chi connectivity index (χ1n) is 6.32. The molecular formula is C15H25NO. The summed E-state index contributed by atoms with van der Waals surface area (Å²) >= 11 is 0. The van der Waals surface area contributed by atoms with Crippen LogP contribution >= 0.6 is 0 Å². The molecule has 0 heterocycles. The van der Waals surface area contributed by atoms with Crippen molar-refractivity contribution >= 4 is 0 Å². The number of rotatable bonds is 4. The lowest BCUT2D eigenvalue weighted by Crippen LogP contribution is -2.31. The summed E-state index contributed by atoms with van der Waals surface area (Å²) in [6, 6.07) is 8.32. The summed E-state index contributed by atoms with van der Waals surface area (Å²) in [5.74, 6) is 1.34. The highest BCUT2D eigenvalue weighted by molar-refractivity contribution is 5.31. The van der Waals surface area contributed by atoms with E-state index >= 15 is 0 Å². The molecule has 1 aromatic rings. The van der Waals surface area contributed by atoms with Crippen LogP contribution < -0.4 is 10.5 Å². The molecule has 1 atom stereocenters. The van der Waals surface area contributed by atoms with Crippen molar-refractivity contribution in [2.24, 2.45) is 11.7 Å². The number of ether oxygens (including phenoxy) is 1. The van der Waals surface area contributed by atoms with Gasteiger partial charge in [-0.05, 0) is 29.0 Å². The van der Waals surface area contributed by atoms with E-state index in [9.17, 15) is 0 Å². The molecule has 0 aliphatic rings. The first-order valence-corrected chi connectivity index (χ1v) is 6.32. The van der Waals surface area contributed by atoms with Crippen LogP contribution in [-0.4, -0.2) is 12.6 Å². The molecule has 17 heavy (non-hydrogen) atoms. The summed E-state index contributed by atoms with van der Waals surface area (Å²) in [6.45, 7) is 11.4. The van der Waals surface area contributed by atoms with Gasteiger partial charge in [-0.2, -0.15) is 0 Å². The third-order valence-corrected chi connectivity index (χ3v) is 2.98. The topological polar surface area (TPSA) is 35.2 Å². The number of hydrogen-bond donors (Lipinski definition) is 1. The van der Waals surface area contributed by atoms with Gasteiger partial charge in [0.2, 0.25) is 0 Å². The van der Waals surface area contributed by atoms with Crippen molar-refractivity contribution in [3.8, 4) is 5.75 Å². The molecule has 0 saturated carbocycles. The Morgan fingerprint density at radius 2 is 1.65 bits per heavy atom. The van der Waals surface area contributed by atoms with Gasteiger partial charge in [0.25, 0.3) is 0 Å². The Morgan fingerprint density at radius 3 is 2.00 bits per heavy atom. The molecule has 2 heteroatoms. The maximum Gasteiger partial charge on any atom is 0.119 e. The maximum absolute atomic E-state index is 5.87. The zero-order valence-corrected chi connectivity index (χ0v) is 11.7. The standard InChI is InChI=1S/C15H25NO/c1-11(2)14(10-16)17-13-8-6-12(7-9-13)15(3,4)5/h6-9,11,14H,10,16H2,1-5H3. The van der Waals surface area contributed by atoms with Crippen LogP contribution in [0, 0.1) is 5.92 Å². The summed E-state index contributed by atoms with van der Waals surface area (Å²) in [5, 5.41) is 0. The minimum absolute atomic E-state index is 0.0930. The molecule has 0 spiro atoms. The van der Waals surface area contributed by atoms with Gasteiger partial charge in [-0.15, -0.1) is 0 Å². The lowest BCUT2D eigenvalue weighted by atomic mass is 9.87. The number of benzene rings is 1.